The van der Waals surface area contributed by atoms with Crippen LogP contribution in [0.5, 0.6) is 0 Å². The fourth-order valence-corrected chi connectivity index (χ4v) is 4.59. The summed E-state index contributed by atoms with van der Waals surface area (Å²) in [5.41, 5.74) is 2.95. The second-order valence-electron chi connectivity index (χ2n) is 6.04. The number of aryl methyl sites for hydroxylation is 1. The van der Waals surface area contributed by atoms with Gasteiger partial charge in [0.05, 0.1) is 15.6 Å². The van der Waals surface area contributed by atoms with Crippen LogP contribution in [0, 0.1) is 6.92 Å². The van der Waals surface area contributed by atoms with E-state index in [1.807, 2.05) is 36.1 Å². The molecule has 7 heteroatoms. The van der Waals surface area contributed by atoms with Crippen molar-refractivity contribution in [1.29, 1.82) is 0 Å². The highest BCUT2D eigenvalue weighted by Crippen LogP contribution is 2.34. The van der Waals surface area contributed by atoms with E-state index in [0.29, 0.717) is 0 Å². The fourth-order valence-electron chi connectivity index (χ4n) is 2.93. The van der Waals surface area contributed by atoms with Crippen LogP contribution in [0.25, 0.3) is 21.0 Å². The molecule has 1 N–H and O–H groups in total. The molecular weight excluding hydrogens is 386 g/mol. The van der Waals surface area contributed by atoms with E-state index < -0.39 is 0 Å². The average molecular weight is 406 g/mol. The Labute approximate surface area is 167 Å². The summed E-state index contributed by atoms with van der Waals surface area (Å²) < 4.78 is 0. The lowest BCUT2D eigenvalue weighted by molar-refractivity contribution is 0.0736. The number of aromatic nitrogens is 1. The van der Waals surface area contributed by atoms with E-state index in [9.17, 15) is 4.79 Å². The molecule has 0 aliphatic carbocycles. The Morgan fingerprint density at radius 3 is 2.42 bits per heavy atom. The normalized spacial score (nSPS) is 14.1. The Morgan fingerprint density at radius 2 is 1.77 bits per heavy atom. The number of rotatable bonds is 3. The molecule has 3 heterocycles. The van der Waals surface area contributed by atoms with Crippen LogP contribution in [0.3, 0.4) is 0 Å². The lowest BCUT2D eigenvalue weighted by Crippen LogP contribution is -2.46. The topological polar surface area (TPSA) is 45.2 Å². The molecule has 1 saturated heterocycles. The minimum absolute atomic E-state index is 0. The van der Waals surface area contributed by atoms with Crippen LogP contribution in [0.1, 0.15) is 15.4 Å². The summed E-state index contributed by atoms with van der Waals surface area (Å²) in [5, 5.41) is 6.45. The number of benzene rings is 1. The van der Waals surface area contributed by atoms with Gasteiger partial charge < -0.3 is 10.2 Å². The number of hydrogen-bond donors (Lipinski definition) is 1. The van der Waals surface area contributed by atoms with E-state index in [1.54, 1.807) is 22.7 Å². The monoisotopic (exact) mass is 405 g/mol. The predicted molar refractivity (Wildman–Crippen MR) is 112 cm³/mol. The van der Waals surface area contributed by atoms with Crippen molar-refractivity contribution in [1.82, 2.24) is 15.2 Å². The third-order valence-corrected chi connectivity index (χ3v) is 6.23. The van der Waals surface area contributed by atoms with Crippen molar-refractivity contribution in [2.45, 2.75) is 6.92 Å². The predicted octanol–water partition coefficient (Wildman–Crippen LogP) is 4.31. The van der Waals surface area contributed by atoms with Crippen LogP contribution in [-0.4, -0.2) is 42.0 Å². The van der Waals surface area contributed by atoms with Crippen LogP contribution >= 0.6 is 35.1 Å². The fraction of sp³-hybridized carbons (Fsp3) is 0.263. The summed E-state index contributed by atoms with van der Waals surface area (Å²) in [6, 6.07) is 12.2. The standard InChI is InChI=1S/C19H19N3OS2.ClH/c1-13-21-16(12-24-13)18-7-6-17(25-18)14-2-4-15(5-3-14)19(23)22-10-8-20-9-11-22;/h2-7,12,20H,8-11H2,1H3;1H. The number of nitrogens with zero attached hydrogens (tertiary/aromatic N) is 2. The Bertz CT molecular complexity index is 882. The van der Waals surface area contributed by atoms with Crippen molar-refractivity contribution in [2.24, 2.45) is 0 Å². The van der Waals surface area contributed by atoms with Crippen LogP contribution < -0.4 is 5.32 Å². The average Bonchev–Trinajstić information content (AvgIpc) is 3.31. The van der Waals surface area contributed by atoms with Gasteiger partial charge in [0, 0.05) is 42.0 Å². The molecule has 1 aliphatic heterocycles. The first-order chi connectivity index (χ1) is 12.2. The molecule has 1 aromatic carbocycles. The van der Waals surface area contributed by atoms with Crippen molar-refractivity contribution in [2.75, 3.05) is 26.2 Å². The quantitative estimate of drug-likeness (QED) is 0.706. The maximum Gasteiger partial charge on any atom is 0.253 e. The van der Waals surface area contributed by atoms with E-state index in [-0.39, 0.29) is 18.3 Å². The number of carbonyl (C=O) groups is 1. The second-order valence-corrected chi connectivity index (χ2v) is 8.18. The third kappa shape index (κ3) is 3.99. The molecule has 1 fully saturated rings. The van der Waals surface area contributed by atoms with Gasteiger partial charge in [-0.05, 0) is 36.8 Å². The maximum atomic E-state index is 12.5. The SMILES string of the molecule is Cc1nc(-c2ccc(-c3ccc(C(=O)N4CCNCC4)cc3)s2)cs1.Cl. The van der Waals surface area contributed by atoms with Crippen molar-refractivity contribution in [3.05, 3.63) is 52.3 Å². The Hall–Kier alpha value is -1.73. The number of hydrogen-bond acceptors (Lipinski definition) is 5. The smallest absolute Gasteiger partial charge is 0.253 e. The van der Waals surface area contributed by atoms with Gasteiger partial charge in [0.15, 0.2) is 0 Å². The zero-order valence-electron chi connectivity index (χ0n) is 14.4. The summed E-state index contributed by atoms with van der Waals surface area (Å²) in [5.74, 6) is 0.123. The van der Waals surface area contributed by atoms with Gasteiger partial charge >= 0.3 is 0 Å². The van der Waals surface area contributed by atoms with E-state index in [2.05, 4.69) is 27.8 Å². The van der Waals surface area contributed by atoms with Crippen LogP contribution in [0.15, 0.2) is 41.8 Å². The maximum absolute atomic E-state index is 12.5. The van der Waals surface area contributed by atoms with Crippen molar-refractivity contribution in [3.63, 3.8) is 0 Å². The molecule has 4 rings (SSSR count). The lowest BCUT2D eigenvalue weighted by atomic mass is 10.1. The Balaban J connectivity index is 0.00000196. The minimum Gasteiger partial charge on any atom is -0.336 e. The summed E-state index contributed by atoms with van der Waals surface area (Å²) in [4.78, 5) is 21.4. The number of amides is 1. The first kappa shape index (κ1) is 19.0. The molecule has 0 unspecified atom stereocenters. The first-order valence-electron chi connectivity index (χ1n) is 8.33. The summed E-state index contributed by atoms with van der Waals surface area (Å²) >= 11 is 3.41. The minimum atomic E-state index is 0. The number of carbonyl (C=O) groups excluding carboxylic acids is 1. The highest BCUT2D eigenvalue weighted by atomic mass is 35.5. The number of piperazine rings is 1. The Kier molecular flexibility index (Phi) is 6.09. The van der Waals surface area contributed by atoms with Gasteiger partial charge in [-0.2, -0.15) is 0 Å². The highest BCUT2D eigenvalue weighted by Gasteiger charge is 2.18. The van der Waals surface area contributed by atoms with E-state index in [0.717, 1.165) is 48.0 Å². The van der Waals surface area contributed by atoms with Gasteiger partial charge in [-0.1, -0.05) is 12.1 Å². The largest absolute Gasteiger partial charge is 0.336 e. The van der Waals surface area contributed by atoms with Crippen LogP contribution in [0.2, 0.25) is 0 Å². The van der Waals surface area contributed by atoms with Gasteiger partial charge in [-0.3, -0.25) is 4.79 Å². The second kappa shape index (κ2) is 8.31. The van der Waals surface area contributed by atoms with Crippen molar-refractivity contribution < 1.29 is 4.79 Å². The van der Waals surface area contributed by atoms with E-state index in [4.69, 9.17) is 0 Å². The molecule has 0 radical (unpaired) electrons. The molecular formula is C19H20ClN3OS2. The zero-order valence-corrected chi connectivity index (χ0v) is 16.8. The van der Waals surface area contributed by atoms with Crippen LogP contribution in [0.4, 0.5) is 0 Å². The van der Waals surface area contributed by atoms with E-state index >= 15 is 0 Å². The van der Waals surface area contributed by atoms with Gasteiger partial charge in [0.1, 0.15) is 0 Å². The lowest BCUT2D eigenvalue weighted by Gasteiger charge is -2.27. The molecule has 1 amide bonds. The van der Waals surface area contributed by atoms with Crippen LogP contribution in [-0.2, 0) is 0 Å². The highest BCUT2D eigenvalue weighted by molar-refractivity contribution is 7.19. The van der Waals surface area contributed by atoms with E-state index in [1.165, 1.54) is 9.75 Å². The van der Waals surface area contributed by atoms with Gasteiger partial charge in [-0.25, -0.2) is 4.98 Å². The van der Waals surface area contributed by atoms with Crippen molar-refractivity contribution >= 4 is 41.0 Å². The molecule has 0 spiro atoms. The van der Waals surface area contributed by atoms with Gasteiger partial charge in [-0.15, -0.1) is 35.1 Å². The molecule has 0 bridgehead atoms. The van der Waals surface area contributed by atoms with Crippen molar-refractivity contribution in [3.8, 4) is 21.0 Å². The number of thiophene rings is 1. The molecule has 0 atom stereocenters. The third-order valence-electron chi connectivity index (χ3n) is 4.30. The summed E-state index contributed by atoms with van der Waals surface area (Å²) in [6.45, 7) is 5.33. The molecule has 0 saturated carbocycles. The van der Waals surface area contributed by atoms with Gasteiger partial charge in [0.2, 0.25) is 0 Å². The summed E-state index contributed by atoms with van der Waals surface area (Å²) in [6.07, 6.45) is 0. The number of halogens is 1. The molecule has 136 valence electrons. The molecule has 1 aliphatic rings. The van der Waals surface area contributed by atoms with Gasteiger partial charge in [0.25, 0.3) is 5.91 Å². The molecule has 26 heavy (non-hydrogen) atoms. The number of nitrogens with one attached hydrogen (secondary N) is 1. The molecule has 3 aromatic rings. The Morgan fingerprint density at radius 1 is 1.08 bits per heavy atom. The molecule has 4 nitrogen and oxygen atoms in total. The summed E-state index contributed by atoms with van der Waals surface area (Å²) in [7, 11) is 0. The first-order valence-corrected chi connectivity index (χ1v) is 10.0. The molecule has 2 aromatic heterocycles. The number of thiazole rings is 1. The zero-order chi connectivity index (χ0) is 17.2.